The topological polar surface area (TPSA) is 102 Å². The number of nitrogens with one attached hydrogen (secondary N) is 1. The largest absolute Gasteiger partial charge is 0.492 e. The summed E-state index contributed by atoms with van der Waals surface area (Å²) in [5.41, 5.74) is 4.27. The first-order valence-electron chi connectivity index (χ1n) is 6.48. The number of methoxy groups -OCH3 is 1. The maximum absolute atomic E-state index is 13.7. The van der Waals surface area contributed by atoms with Crippen LogP contribution < -0.4 is 15.2 Å². The van der Waals surface area contributed by atoms with Gasteiger partial charge in [-0.15, -0.1) is 0 Å². The highest BCUT2D eigenvalue weighted by molar-refractivity contribution is 7.89. The Kier molecular flexibility index (Phi) is 5.54. The van der Waals surface area contributed by atoms with Gasteiger partial charge < -0.3 is 15.6 Å². The molecule has 0 saturated carbocycles. The first-order valence-corrected chi connectivity index (χ1v) is 7.96. The smallest absolute Gasteiger partial charge is 0.240 e. The van der Waals surface area contributed by atoms with Crippen LogP contribution in [0.2, 0.25) is 0 Å². The van der Waals surface area contributed by atoms with Crippen molar-refractivity contribution < 1.29 is 22.7 Å². The van der Waals surface area contributed by atoms with Crippen LogP contribution in [0.5, 0.6) is 5.75 Å². The van der Waals surface area contributed by atoms with Gasteiger partial charge in [-0.3, -0.25) is 0 Å². The zero-order valence-corrected chi connectivity index (χ0v) is 13.1. The third kappa shape index (κ3) is 4.55. The van der Waals surface area contributed by atoms with Crippen LogP contribution in [-0.4, -0.2) is 32.8 Å². The number of halogens is 1. The summed E-state index contributed by atoms with van der Waals surface area (Å²) < 4.78 is 44.9. The molecule has 0 spiro atoms. The van der Waals surface area contributed by atoms with Crippen molar-refractivity contribution in [2.45, 2.75) is 37.2 Å². The van der Waals surface area contributed by atoms with Gasteiger partial charge in [-0.25, -0.2) is 17.5 Å². The number of benzene rings is 1. The van der Waals surface area contributed by atoms with Crippen molar-refractivity contribution in [3.05, 3.63) is 17.9 Å². The van der Waals surface area contributed by atoms with E-state index in [2.05, 4.69) is 4.72 Å². The Balaban J connectivity index is 2.99. The fraction of sp³-hybridized carbons (Fsp3) is 0.538. The molecule has 0 amide bonds. The third-order valence-electron chi connectivity index (χ3n) is 2.99. The van der Waals surface area contributed by atoms with Crippen LogP contribution in [-0.2, 0) is 10.0 Å². The molecule has 0 saturated heterocycles. The zero-order valence-electron chi connectivity index (χ0n) is 12.3. The summed E-state index contributed by atoms with van der Waals surface area (Å²) in [6.45, 7) is 3.24. The average molecular weight is 320 g/mol. The second kappa shape index (κ2) is 6.59. The lowest BCUT2D eigenvalue weighted by Crippen LogP contribution is -2.40. The van der Waals surface area contributed by atoms with Crippen LogP contribution in [0.3, 0.4) is 0 Å². The number of aliphatic hydroxyl groups is 1. The van der Waals surface area contributed by atoms with E-state index >= 15 is 0 Å². The number of nitrogens with two attached hydrogens (primary N) is 1. The fourth-order valence-corrected chi connectivity index (χ4v) is 3.13. The molecule has 8 heteroatoms. The Bertz CT molecular complexity index is 579. The van der Waals surface area contributed by atoms with E-state index in [1.807, 2.05) is 6.92 Å². The van der Waals surface area contributed by atoms with E-state index < -0.39 is 21.4 Å². The van der Waals surface area contributed by atoms with Crippen LogP contribution in [0, 0.1) is 5.82 Å². The number of anilines is 1. The Morgan fingerprint density at radius 3 is 2.57 bits per heavy atom. The maximum Gasteiger partial charge on any atom is 0.240 e. The molecule has 0 aliphatic carbocycles. The minimum absolute atomic E-state index is 0.113. The van der Waals surface area contributed by atoms with E-state index in [4.69, 9.17) is 10.5 Å². The molecule has 1 aromatic carbocycles. The van der Waals surface area contributed by atoms with Crippen molar-refractivity contribution >= 4 is 15.7 Å². The van der Waals surface area contributed by atoms with Crippen LogP contribution in [0.1, 0.15) is 26.7 Å². The lowest BCUT2D eigenvalue weighted by molar-refractivity contribution is 0.0554. The van der Waals surface area contributed by atoms with Crippen molar-refractivity contribution in [2.75, 3.05) is 19.4 Å². The van der Waals surface area contributed by atoms with Crippen molar-refractivity contribution in [1.29, 1.82) is 0 Å². The van der Waals surface area contributed by atoms with Gasteiger partial charge in [0, 0.05) is 6.54 Å². The Morgan fingerprint density at radius 2 is 2.10 bits per heavy atom. The summed E-state index contributed by atoms with van der Waals surface area (Å²) in [7, 11) is -2.73. The summed E-state index contributed by atoms with van der Waals surface area (Å²) in [4.78, 5) is -0.314. The Labute approximate surface area is 124 Å². The summed E-state index contributed by atoms with van der Waals surface area (Å²) in [6.07, 6.45) is 1.15. The second-order valence-corrected chi connectivity index (χ2v) is 6.87. The molecule has 0 heterocycles. The highest BCUT2D eigenvalue weighted by Crippen LogP contribution is 2.28. The number of nitrogen functional groups attached to an aromatic ring is 1. The number of ether oxygens (including phenoxy) is 1. The van der Waals surface area contributed by atoms with Gasteiger partial charge in [0.05, 0.1) is 23.3 Å². The van der Waals surface area contributed by atoms with E-state index in [0.717, 1.165) is 12.1 Å². The van der Waals surface area contributed by atoms with Crippen molar-refractivity contribution in [3.8, 4) is 5.75 Å². The van der Waals surface area contributed by atoms with E-state index in [9.17, 15) is 17.9 Å². The number of rotatable bonds is 7. The van der Waals surface area contributed by atoms with Crippen molar-refractivity contribution in [3.63, 3.8) is 0 Å². The molecule has 120 valence electrons. The molecular formula is C13H21FN2O4S. The van der Waals surface area contributed by atoms with Crippen molar-refractivity contribution in [2.24, 2.45) is 0 Å². The van der Waals surface area contributed by atoms with Gasteiger partial charge >= 0.3 is 0 Å². The highest BCUT2D eigenvalue weighted by Gasteiger charge is 2.24. The van der Waals surface area contributed by atoms with Crippen molar-refractivity contribution in [1.82, 2.24) is 4.72 Å². The molecule has 4 N–H and O–H groups in total. The van der Waals surface area contributed by atoms with E-state index in [1.165, 1.54) is 14.0 Å². The molecule has 1 unspecified atom stereocenters. The summed E-state index contributed by atoms with van der Waals surface area (Å²) in [6, 6.07) is 1.94. The van der Waals surface area contributed by atoms with Crippen LogP contribution in [0.4, 0.5) is 10.1 Å². The number of hydrogen-bond donors (Lipinski definition) is 3. The fourth-order valence-electron chi connectivity index (χ4n) is 1.92. The van der Waals surface area contributed by atoms with E-state index in [-0.39, 0.29) is 22.9 Å². The molecule has 0 aliphatic rings. The minimum atomic E-state index is -3.97. The zero-order chi connectivity index (χ0) is 16.3. The summed E-state index contributed by atoms with van der Waals surface area (Å²) >= 11 is 0. The molecule has 21 heavy (non-hydrogen) atoms. The molecule has 1 aromatic rings. The summed E-state index contributed by atoms with van der Waals surface area (Å²) in [5.74, 6) is -1.06. The standard InChI is InChI=1S/C13H21FN2O4S/c1-4-5-13(2,17)8-16-21(18,19)9-6-10(14)12(20-3)11(15)7-9/h6-7,16-17H,4-5,8,15H2,1-3H3. The molecule has 6 nitrogen and oxygen atoms in total. The third-order valence-corrected chi connectivity index (χ3v) is 4.37. The normalized spacial score (nSPS) is 14.7. The SMILES string of the molecule is CCCC(C)(O)CNS(=O)(=O)c1cc(N)c(OC)c(F)c1. The van der Waals surface area contributed by atoms with Gasteiger partial charge in [0.1, 0.15) is 0 Å². The maximum atomic E-state index is 13.7. The Hall–Kier alpha value is -1.38. The van der Waals surface area contributed by atoms with Crippen LogP contribution in [0.25, 0.3) is 0 Å². The van der Waals surface area contributed by atoms with Gasteiger partial charge in [0.25, 0.3) is 0 Å². The van der Waals surface area contributed by atoms with E-state index in [0.29, 0.717) is 12.8 Å². The first-order chi connectivity index (χ1) is 9.63. The van der Waals surface area contributed by atoms with Crippen LogP contribution >= 0.6 is 0 Å². The quantitative estimate of drug-likeness (QED) is 0.656. The predicted molar refractivity (Wildman–Crippen MR) is 78.1 cm³/mol. The lowest BCUT2D eigenvalue weighted by atomic mass is 10.0. The predicted octanol–water partition coefficient (Wildman–Crippen LogP) is 1.25. The van der Waals surface area contributed by atoms with Gasteiger partial charge in [-0.05, 0) is 25.5 Å². The lowest BCUT2D eigenvalue weighted by Gasteiger charge is -2.23. The van der Waals surface area contributed by atoms with E-state index in [1.54, 1.807) is 0 Å². The molecule has 1 rings (SSSR count). The minimum Gasteiger partial charge on any atom is -0.492 e. The molecular weight excluding hydrogens is 299 g/mol. The van der Waals surface area contributed by atoms with Gasteiger partial charge in [0.15, 0.2) is 11.6 Å². The first kappa shape index (κ1) is 17.7. The van der Waals surface area contributed by atoms with Gasteiger partial charge in [-0.2, -0.15) is 0 Å². The Morgan fingerprint density at radius 1 is 1.48 bits per heavy atom. The molecule has 0 aromatic heterocycles. The number of hydrogen-bond acceptors (Lipinski definition) is 5. The number of sulfonamides is 1. The van der Waals surface area contributed by atoms with Gasteiger partial charge in [-0.1, -0.05) is 13.3 Å². The average Bonchev–Trinajstić information content (AvgIpc) is 2.36. The van der Waals surface area contributed by atoms with Gasteiger partial charge in [0.2, 0.25) is 10.0 Å². The molecule has 0 radical (unpaired) electrons. The molecule has 0 bridgehead atoms. The molecule has 0 aliphatic heterocycles. The monoisotopic (exact) mass is 320 g/mol. The molecule has 1 atom stereocenters. The summed E-state index contributed by atoms with van der Waals surface area (Å²) in [5, 5.41) is 9.97. The van der Waals surface area contributed by atoms with Crippen LogP contribution in [0.15, 0.2) is 17.0 Å². The highest BCUT2D eigenvalue weighted by atomic mass is 32.2. The molecule has 0 fully saturated rings. The second-order valence-electron chi connectivity index (χ2n) is 5.10.